The number of benzene rings is 1. The fraction of sp³-hybridized carbons (Fsp3) is 0. The monoisotopic (exact) mass is 278 g/mol. The first-order valence-electron chi connectivity index (χ1n) is 5.22. The highest BCUT2D eigenvalue weighted by atomic mass is 35.5. The van der Waals surface area contributed by atoms with E-state index in [4.69, 9.17) is 11.6 Å². The van der Waals surface area contributed by atoms with Gasteiger partial charge in [0.15, 0.2) is 0 Å². The Balaban J connectivity index is 2.07. The Bertz CT molecular complexity index is 598. The number of nitrogens with zero attached hydrogens (tertiary/aromatic N) is 3. The quantitative estimate of drug-likeness (QED) is 0.690. The molecular weight excluding hydrogens is 271 g/mol. The van der Waals surface area contributed by atoms with E-state index in [1.807, 2.05) is 0 Å². The second-order valence-electron chi connectivity index (χ2n) is 3.43. The number of hydrogen-bond donors (Lipinski definition) is 1. The lowest BCUT2D eigenvalue weighted by atomic mass is 10.2. The molecule has 0 aliphatic heterocycles. The highest BCUT2D eigenvalue weighted by Crippen LogP contribution is 2.16. The van der Waals surface area contributed by atoms with Crippen LogP contribution in [0.15, 0.2) is 41.9 Å². The van der Waals surface area contributed by atoms with Crippen molar-refractivity contribution in [2.24, 2.45) is 5.10 Å². The molecule has 0 saturated heterocycles. The molecule has 1 N–H and O–H groups in total. The second kappa shape index (κ2) is 6.01. The van der Waals surface area contributed by atoms with Gasteiger partial charge in [-0.15, -0.1) is 0 Å². The lowest BCUT2D eigenvalue weighted by molar-refractivity contribution is 0.0949. The maximum Gasteiger partial charge on any atom is 0.291 e. The SMILES string of the molecule is O=C(NN=Cc1c(F)cccc1Cl)c1cnccn1. The summed E-state index contributed by atoms with van der Waals surface area (Å²) in [7, 11) is 0. The van der Waals surface area contributed by atoms with Crippen molar-refractivity contribution in [3.05, 3.63) is 58.9 Å². The second-order valence-corrected chi connectivity index (χ2v) is 3.83. The fourth-order valence-corrected chi connectivity index (χ4v) is 1.47. The van der Waals surface area contributed by atoms with E-state index in [9.17, 15) is 9.18 Å². The maximum atomic E-state index is 13.4. The molecule has 0 saturated carbocycles. The van der Waals surface area contributed by atoms with Gasteiger partial charge in [-0.1, -0.05) is 17.7 Å². The van der Waals surface area contributed by atoms with Gasteiger partial charge in [0.25, 0.3) is 5.91 Å². The van der Waals surface area contributed by atoms with Crippen molar-refractivity contribution in [3.8, 4) is 0 Å². The number of amides is 1. The maximum absolute atomic E-state index is 13.4. The summed E-state index contributed by atoms with van der Waals surface area (Å²) in [5.74, 6) is -1.07. The summed E-state index contributed by atoms with van der Waals surface area (Å²) in [6, 6.07) is 4.25. The number of hydrazone groups is 1. The van der Waals surface area contributed by atoms with Crippen LogP contribution in [0, 0.1) is 5.82 Å². The minimum Gasteiger partial charge on any atom is -0.265 e. The molecular formula is C12H8ClFN4O. The van der Waals surface area contributed by atoms with Crippen LogP contribution in [-0.4, -0.2) is 22.1 Å². The van der Waals surface area contributed by atoms with Crippen LogP contribution < -0.4 is 5.43 Å². The third kappa shape index (κ3) is 3.32. The molecule has 1 aromatic carbocycles. The van der Waals surface area contributed by atoms with Gasteiger partial charge >= 0.3 is 0 Å². The largest absolute Gasteiger partial charge is 0.291 e. The van der Waals surface area contributed by atoms with Crippen molar-refractivity contribution in [2.45, 2.75) is 0 Å². The van der Waals surface area contributed by atoms with Gasteiger partial charge in [0.2, 0.25) is 0 Å². The van der Waals surface area contributed by atoms with E-state index in [1.165, 1.54) is 36.8 Å². The van der Waals surface area contributed by atoms with Crippen molar-refractivity contribution in [1.82, 2.24) is 15.4 Å². The molecule has 7 heteroatoms. The van der Waals surface area contributed by atoms with Crippen molar-refractivity contribution < 1.29 is 9.18 Å². The summed E-state index contributed by atoms with van der Waals surface area (Å²) < 4.78 is 13.4. The topological polar surface area (TPSA) is 67.2 Å². The molecule has 96 valence electrons. The van der Waals surface area contributed by atoms with Gasteiger partial charge in [-0.3, -0.25) is 9.78 Å². The fourth-order valence-electron chi connectivity index (χ4n) is 1.26. The van der Waals surface area contributed by atoms with Gasteiger partial charge in [-0.2, -0.15) is 5.10 Å². The average Bonchev–Trinajstić information content (AvgIpc) is 2.43. The number of carbonyl (C=O) groups is 1. The van der Waals surface area contributed by atoms with E-state index in [-0.39, 0.29) is 16.3 Å². The predicted molar refractivity (Wildman–Crippen MR) is 68.5 cm³/mol. The molecule has 0 aliphatic carbocycles. The molecule has 0 bridgehead atoms. The molecule has 0 spiro atoms. The number of nitrogens with one attached hydrogen (secondary N) is 1. The first-order chi connectivity index (χ1) is 9.18. The van der Waals surface area contributed by atoms with E-state index in [0.717, 1.165) is 6.21 Å². The summed E-state index contributed by atoms with van der Waals surface area (Å²) >= 11 is 5.80. The van der Waals surface area contributed by atoms with E-state index < -0.39 is 11.7 Å². The zero-order valence-electron chi connectivity index (χ0n) is 9.55. The summed E-state index contributed by atoms with van der Waals surface area (Å²) in [6.07, 6.45) is 5.25. The highest BCUT2D eigenvalue weighted by Gasteiger charge is 2.06. The Hall–Kier alpha value is -2.34. The van der Waals surface area contributed by atoms with E-state index in [1.54, 1.807) is 0 Å². The van der Waals surface area contributed by atoms with Gasteiger partial charge in [-0.25, -0.2) is 14.8 Å². The van der Waals surface area contributed by atoms with Crippen molar-refractivity contribution in [2.75, 3.05) is 0 Å². The normalized spacial score (nSPS) is 10.6. The van der Waals surface area contributed by atoms with Crippen molar-refractivity contribution in [3.63, 3.8) is 0 Å². The van der Waals surface area contributed by atoms with E-state index in [2.05, 4.69) is 20.5 Å². The minimum atomic E-state index is -0.545. The third-order valence-electron chi connectivity index (χ3n) is 2.16. The summed E-state index contributed by atoms with van der Waals surface area (Å²) in [5.41, 5.74) is 2.42. The third-order valence-corrected chi connectivity index (χ3v) is 2.48. The molecule has 1 aromatic heterocycles. The molecule has 2 aromatic rings. The smallest absolute Gasteiger partial charge is 0.265 e. The van der Waals surface area contributed by atoms with Crippen LogP contribution in [0.3, 0.4) is 0 Å². The average molecular weight is 279 g/mol. The van der Waals surface area contributed by atoms with Gasteiger partial charge in [0.05, 0.1) is 17.4 Å². The van der Waals surface area contributed by atoms with Crippen LogP contribution in [0.5, 0.6) is 0 Å². The number of halogens is 2. The molecule has 0 fully saturated rings. The molecule has 2 rings (SSSR count). The molecule has 19 heavy (non-hydrogen) atoms. The molecule has 0 unspecified atom stereocenters. The highest BCUT2D eigenvalue weighted by molar-refractivity contribution is 6.33. The van der Waals surface area contributed by atoms with Crippen LogP contribution in [0.1, 0.15) is 16.1 Å². The van der Waals surface area contributed by atoms with E-state index in [0.29, 0.717) is 0 Å². The van der Waals surface area contributed by atoms with Crippen LogP contribution >= 0.6 is 11.6 Å². The van der Waals surface area contributed by atoms with E-state index >= 15 is 0 Å². The van der Waals surface area contributed by atoms with Crippen LogP contribution in [0.2, 0.25) is 5.02 Å². The Morgan fingerprint density at radius 2 is 2.26 bits per heavy atom. The van der Waals surface area contributed by atoms with Gasteiger partial charge in [-0.05, 0) is 12.1 Å². The van der Waals surface area contributed by atoms with Crippen LogP contribution in [-0.2, 0) is 0 Å². The lowest BCUT2D eigenvalue weighted by Crippen LogP contribution is -2.19. The first-order valence-corrected chi connectivity index (χ1v) is 5.59. The molecule has 1 amide bonds. The molecule has 1 heterocycles. The lowest BCUT2D eigenvalue weighted by Gasteiger charge is -2.00. The summed E-state index contributed by atoms with van der Waals surface area (Å²) in [5, 5.41) is 3.83. The summed E-state index contributed by atoms with van der Waals surface area (Å²) in [4.78, 5) is 19.1. The molecule has 0 radical (unpaired) electrons. The minimum absolute atomic E-state index is 0.101. The van der Waals surface area contributed by atoms with Crippen molar-refractivity contribution >= 4 is 23.7 Å². The number of aromatic nitrogens is 2. The van der Waals surface area contributed by atoms with Gasteiger partial charge < -0.3 is 0 Å². The Morgan fingerprint density at radius 3 is 2.95 bits per heavy atom. The molecule has 0 aliphatic rings. The summed E-state index contributed by atoms with van der Waals surface area (Å²) in [6.45, 7) is 0. The molecule has 5 nitrogen and oxygen atoms in total. The van der Waals surface area contributed by atoms with Crippen LogP contribution in [0.25, 0.3) is 0 Å². The first kappa shape index (κ1) is 13.1. The zero-order chi connectivity index (χ0) is 13.7. The zero-order valence-corrected chi connectivity index (χ0v) is 10.3. The Morgan fingerprint density at radius 1 is 1.42 bits per heavy atom. The number of rotatable bonds is 3. The predicted octanol–water partition coefficient (Wildman–Crippen LogP) is 2.03. The Kier molecular flexibility index (Phi) is 4.15. The van der Waals surface area contributed by atoms with Gasteiger partial charge in [0.1, 0.15) is 11.5 Å². The standard InChI is InChI=1S/C12H8ClFN4O/c13-9-2-1-3-10(14)8(9)6-17-18-12(19)11-7-15-4-5-16-11/h1-7H,(H,18,19). The molecule has 0 atom stereocenters. The van der Waals surface area contributed by atoms with Crippen molar-refractivity contribution in [1.29, 1.82) is 0 Å². The van der Waals surface area contributed by atoms with Gasteiger partial charge in [0, 0.05) is 18.0 Å². The Labute approximate surface area is 113 Å². The van der Waals surface area contributed by atoms with Crippen LogP contribution in [0.4, 0.5) is 4.39 Å². The number of carbonyl (C=O) groups excluding carboxylic acids is 1. The number of hydrogen-bond acceptors (Lipinski definition) is 4.